The number of aromatic hydroxyl groups is 4. The molecule has 0 aromatic heterocycles. The summed E-state index contributed by atoms with van der Waals surface area (Å²) in [6.45, 7) is -0.426. The minimum Gasteiger partial charge on any atom is -0.504 e. The van der Waals surface area contributed by atoms with Crippen LogP contribution in [0.15, 0.2) is 42.5 Å². The maximum absolute atomic E-state index is 12.0. The van der Waals surface area contributed by atoms with Crippen molar-refractivity contribution in [1.29, 1.82) is 0 Å². The summed E-state index contributed by atoms with van der Waals surface area (Å²) in [7, 11) is 0. The van der Waals surface area contributed by atoms with Crippen molar-refractivity contribution in [2.24, 2.45) is 0 Å². The lowest BCUT2D eigenvalue weighted by molar-refractivity contribution is -0.301. The number of hydrogen-bond donors (Lipinski definition) is 7. The van der Waals surface area contributed by atoms with E-state index >= 15 is 0 Å². The number of rotatable bonds is 8. The molecule has 34 heavy (non-hydrogen) atoms. The van der Waals surface area contributed by atoms with Crippen LogP contribution in [0.3, 0.4) is 0 Å². The van der Waals surface area contributed by atoms with E-state index in [4.69, 9.17) is 14.2 Å². The molecular weight excluding hydrogens is 452 g/mol. The molecule has 1 aliphatic rings. The molecule has 0 unspecified atom stereocenters. The van der Waals surface area contributed by atoms with E-state index in [1.54, 1.807) is 6.07 Å². The number of esters is 1. The normalized spacial score (nSPS) is 24.9. The Labute approximate surface area is 194 Å². The smallest absolute Gasteiger partial charge is 0.330 e. The molecule has 1 saturated heterocycles. The second kappa shape index (κ2) is 11.2. The van der Waals surface area contributed by atoms with Gasteiger partial charge >= 0.3 is 5.97 Å². The van der Waals surface area contributed by atoms with Gasteiger partial charge in [-0.15, -0.1) is 0 Å². The molecule has 0 spiro atoms. The maximum atomic E-state index is 12.0. The molecule has 11 nitrogen and oxygen atoms in total. The largest absolute Gasteiger partial charge is 0.504 e. The molecule has 1 fully saturated rings. The molecule has 7 N–H and O–H groups in total. The third-order valence-corrected chi connectivity index (χ3v) is 5.18. The minimum absolute atomic E-state index is 0.0173. The molecule has 1 aliphatic heterocycles. The predicted molar refractivity (Wildman–Crippen MR) is 116 cm³/mol. The van der Waals surface area contributed by atoms with E-state index < -0.39 is 43.3 Å². The van der Waals surface area contributed by atoms with Gasteiger partial charge in [0.05, 0.1) is 6.61 Å². The molecule has 5 atom stereocenters. The van der Waals surface area contributed by atoms with Crippen LogP contribution in [0.25, 0.3) is 6.08 Å². The van der Waals surface area contributed by atoms with E-state index in [-0.39, 0.29) is 36.0 Å². The van der Waals surface area contributed by atoms with Crippen molar-refractivity contribution in [2.45, 2.75) is 37.1 Å². The number of phenolic OH excluding ortho intramolecular Hbond substituents is 4. The number of phenols is 4. The molecule has 184 valence electrons. The summed E-state index contributed by atoms with van der Waals surface area (Å²) < 4.78 is 16.0. The number of aliphatic hydroxyl groups excluding tert-OH is 3. The van der Waals surface area contributed by atoms with Crippen molar-refractivity contribution in [2.75, 3.05) is 13.2 Å². The summed E-state index contributed by atoms with van der Waals surface area (Å²) in [6, 6.07) is 8.21. The van der Waals surface area contributed by atoms with Gasteiger partial charge in [0.1, 0.15) is 31.0 Å². The van der Waals surface area contributed by atoms with Gasteiger partial charge in [-0.25, -0.2) is 4.79 Å². The average molecular weight is 478 g/mol. The number of carbonyl (C=O) groups excluding carboxylic acids is 1. The highest BCUT2D eigenvalue weighted by molar-refractivity contribution is 5.87. The highest BCUT2D eigenvalue weighted by atomic mass is 16.7. The van der Waals surface area contributed by atoms with Crippen LogP contribution in [0.5, 0.6) is 23.0 Å². The van der Waals surface area contributed by atoms with Gasteiger partial charge in [0.15, 0.2) is 29.3 Å². The zero-order chi connectivity index (χ0) is 24.8. The molecule has 0 bridgehead atoms. The third kappa shape index (κ3) is 6.37. The number of carbonyl (C=O) groups is 1. The van der Waals surface area contributed by atoms with E-state index in [1.807, 2.05) is 0 Å². The van der Waals surface area contributed by atoms with Gasteiger partial charge in [-0.1, -0.05) is 12.1 Å². The van der Waals surface area contributed by atoms with Crippen LogP contribution in [-0.2, 0) is 25.4 Å². The van der Waals surface area contributed by atoms with E-state index in [1.165, 1.54) is 36.4 Å². The third-order valence-electron chi connectivity index (χ3n) is 5.18. The van der Waals surface area contributed by atoms with Crippen molar-refractivity contribution in [1.82, 2.24) is 0 Å². The highest BCUT2D eigenvalue weighted by Crippen LogP contribution is 2.27. The van der Waals surface area contributed by atoms with Crippen LogP contribution in [0.4, 0.5) is 0 Å². The molecule has 11 heteroatoms. The average Bonchev–Trinajstić information content (AvgIpc) is 2.81. The van der Waals surface area contributed by atoms with E-state index in [0.717, 1.165) is 6.08 Å². The number of aliphatic hydroxyl groups is 3. The lowest BCUT2D eigenvalue weighted by Crippen LogP contribution is -2.59. The molecule has 1 heterocycles. The molecule has 0 radical (unpaired) electrons. The van der Waals surface area contributed by atoms with Crippen molar-refractivity contribution >= 4 is 12.0 Å². The lowest BCUT2D eigenvalue weighted by atomic mass is 9.99. The number of hydrogen-bond acceptors (Lipinski definition) is 11. The van der Waals surface area contributed by atoms with Gasteiger partial charge in [-0.2, -0.15) is 0 Å². The van der Waals surface area contributed by atoms with Crippen LogP contribution in [0.2, 0.25) is 0 Å². The maximum Gasteiger partial charge on any atom is 0.330 e. The topological polar surface area (TPSA) is 186 Å². The van der Waals surface area contributed by atoms with Gasteiger partial charge in [0.2, 0.25) is 0 Å². The molecule has 3 rings (SSSR count). The fourth-order valence-corrected chi connectivity index (χ4v) is 3.23. The first kappa shape index (κ1) is 25.3. The Morgan fingerprint density at radius 2 is 1.56 bits per heavy atom. The second-order valence-corrected chi connectivity index (χ2v) is 7.67. The van der Waals surface area contributed by atoms with Gasteiger partial charge < -0.3 is 50.0 Å². The summed E-state index contributed by atoms with van der Waals surface area (Å²) in [5.74, 6) is -2.00. The van der Waals surface area contributed by atoms with Crippen LogP contribution in [0, 0.1) is 0 Å². The Hall–Kier alpha value is -3.35. The summed E-state index contributed by atoms with van der Waals surface area (Å²) in [4.78, 5) is 12.0. The van der Waals surface area contributed by atoms with Crippen molar-refractivity contribution in [3.05, 3.63) is 53.6 Å². The van der Waals surface area contributed by atoms with Crippen LogP contribution >= 0.6 is 0 Å². The van der Waals surface area contributed by atoms with Crippen LogP contribution in [-0.4, -0.2) is 85.6 Å². The summed E-state index contributed by atoms with van der Waals surface area (Å²) >= 11 is 0. The van der Waals surface area contributed by atoms with Gasteiger partial charge in [0, 0.05) is 6.08 Å². The predicted octanol–water partition coefficient (Wildman–Crippen LogP) is 0.132. The summed E-state index contributed by atoms with van der Waals surface area (Å²) in [5.41, 5.74) is 1.07. The highest BCUT2D eigenvalue weighted by Gasteiger charge is 2.44. The van der Waals surface area contributed by atoms with Crippen LogP contribution in [0.1, 0.15) is 11.1 Å². The Morgan fingerprint density at radius 3 is 2.24 bits per heavy atom. The van der Waals surface area contributed by atoms with Crippen molar-refractivity contribution in [3.8, 4) is 23.0 Å². The standard InChI is InChI=1S/C23H26O11/c24-14-4-1-12(9-16(14)26)3-6-19(28)33-11-18-20(29)21(30)22(31)23(34-18)32-8-7-13-2-5-15(25)17(27)10-13/h1-6,9-10,18,20-27,29-31H,7-8,11H2/b6-3+/t18-,20-,21-,22-,23-/m1/s1. The van der Waals surface area contributed by atoms with Gasteiger partial charge in [0.25, 0.3) is 0 Å². The Morgan fingerprint density at radius 1 is 0.882 bits per heavy atom. The molecule has 2 aromatic rings. The SMILES string of the molecule is O=C(/C=C/c1ccc(O)c(O)c1)OC[C@H]1O[C@@H](OCCc2ccc(O)c(O)c2)[C@H](O)[C@H](O)[C@@H]1O. The van der Waals surface area contributed by atoms with E-state index in [9.17, 15) is 40.5 Å². The monoisotopic (exact) mass is 478 g/mol. The Balaban J connectivity index is 1.52. The zero-order valence-corrected chi connectivity index (χ0v) is 17.9. The Kier molecular flexibility index (Phi) is 8.31. The summed E-state index contributed by atoms with van der Waals surface area (Å²) in [6.07, 6.45) is -4.53. The second-order valence-electron chi connectivity index (χ2n) is 7.67. The number of ether oxygens (including phenoxy) is 3. The van der Waals surface area contributed by atoms with Crippen LogP contribution < -0.4 is 0 Å². The fraction of sp³-hybridized carbons (Fsp3) is 0.348. The van der Waals surface area contributed by atoms with E-state index in [2.05, 4.69) is 0 Å². The first-order valence-corrected chi connectivity index (χ1v) is 10.3. The minimum atomic E-state index is -1.62. The van der Waals surface area contributed by atoms with Crippen molar-refractivity contribution < 1.29 is 54.8 Å². The van der Waals surface area contributed by atoms with Gasteiger partial charge in [-0.05, 0) is 47.9 Å². The molecule has 0 amide bonds. The fourth-order valence-electron chi connectivity index (χ4n) is 3.23. The number of benzene rings is 2. The summed E-state index contributed by atoms with van der Waals surface area (Å²) in [5, 5.41) is 68.1. The first-order valence-electron chi connectivity index (χ1n) is 10.3. The molecule has 2 aromatic carbocycles. The Bertz CT molecular complexity index is 1020. The van der Waals surface area contributed by atoms with Gasteiger partial charge in [-0.3, -0.25) is 0 Å². The lowest BCUT2D eigenvalue weighted by Gasteiger charge is -2.39. The molecule has 0 saturated carbocycles. The zero-order valence-electron chi connectivity index (χ0n) is 17.9. The molecule has 0 aliphatic carbocycles. The quantitative estimate of drug-likeness (QED) is 0.155. The first-order chi connectivity index (χ1) is 16.2. The molecular formula is C23H26O11. The van der Waals surface area contributed by atoms with Crippen molar-refractivity contribution in [3.63, 3.8) is 0 Å². The van der Waals surface area contributed by atoms with E-state index in [0.29, 0.717) is 11.1 Å².